The molecule has 2 heteroatoms. The Bertz CT molecular complexity index is 652. The summed E-state index contributed by atoms with van der Waals surface area (Å²) in [5, 5.41) is 0. The van der Waals surface area contributed by atoms with Gasteiger partial charge < -0.3 is 0 Å². The van der Waals surface area contributed by atoms with Gasteiger partial charge in [0.2, 0.25) is 0 Å². The molecule has 3 rings (SSSR count). The fourth-order valence-corrected chi connectivity index (χ4v) is 3.01. The van der Waals surface area contributed by atoms with E-state index < -0.39 is 0 Å². The Morgan fingerprint density at radius 3 is 2.14 bits per heavy atom. The summed E-state index contributed by atoms with van der Waals surface area (Å²) in [6.07, 6.45) is 9.47. The van der Waals surface area contributed by atoms with Crippen LogP contribution in [-0.2, 0) is 18.3 Å². The molecule has 0 saturated carbocycles. The Morgan fingerprint density at radius 2 is 1.45 bits per heavy atom. The summed E-state index contributed by atoms with van der Waals surface area (Å²) in [7, 11) is 0. The van der Waals surface area contributed by atoms with E-state index in [2.05, 4.69) is 65.4 Å². The largest absolute Gasteiger partial charge is 0.265 e. The lowest BCUT2D eigenvalue weighted by Gasteiger charge is -2.30. The van der Waals surface area contributed by atoms with Crippen LogP contribution >= 0.6 is 0 Å². The zero-order valence-corrected chi connectivity index (χ0v) is 12.8. The van der Waals surface area contributed by atoms with Crippen LogP contribution in [0.4, 0.5) is 0 Å². The Labute approximate surface area is 131 Å². The Morgan fingerprint density at radius 1 is 0.727 bits per heavy atom. The van der Waals surface area contributed by atoms with E-state index in [1.807, 2.05) is 30.9 Å². The minimum atomic E-state index is 0.0334. The summed E-state index contributed by atoms with van der Waals surface area (Å²) in [4.78, 5) is 8.38. The van der Waals surface area contributed by atoms with Crippen molar-refractivity contribution >= 4 is 0 Å². The molecule has 1 atom stereocenters. The summed E-state index contributed by atoms with van der Waals surface area (Å²) < 4.78 is 0. The van der Waals surface area contributed by atoms with Crippen molar-refractivity contribution in [3.8, 4) is 0 Å². The molecule has 2 nitrogen and oxygen atoms in total. The number of hydrogen-bond acceptors (Lipinski definition) is 2. The zero-order valence-electron chi connectivity index (χ0n) is 12.8. The Hall–Kier alpha value is -2.48. The highest BCUT2D eigenvalue weighted by Crippen LogP contribution is 2.31. The monoisotopic (exact) mass is 288 g/mol. The van der Waals surface area contributed by atoms with E-state index in [9.17, 15) is 0 Å². The highest BCUT2D eigenvalue weighted by molar-refractivity contribution is 5.31. The molecule has 0 spiro atoms. The fraction of sp³-hybridized carbons (Fsp3) is 0.200. The molecule has 0 amide bonds. The van der Waals surface area contributed by atoms with E-state index in [0.29, 0.717) is 0 Å². The summed E-state index contributed by atoms with van der Waals surface area (Å²) in [5.74, 6) is 0. The number of benzene rings is 1. The molecule has 0 radical (unpaired) electrons. The maximum absolute atomic E-state index is 4.26. The molecule has 1 aromatic carbocycles. The van der Waals surface area contributed by atoms with Gasteiger partial charge >= 0.3 is 0 Å². The second kappa shape index (κ2) is 6.52. The number of aromatic nitrogens is 2. The highest BCUT2D eigenvalue weighted by Gasteiger charge is 2.27. The van der Waals surface area contributed by atoms with Crippen LogP contribution < -0.4 is 0 Å². The van der Waals surface area contributed by atoms with Crippen molar-refractivity contribution in [3.05, 3.63) is 96.1 Å². The van der Waals surface area contributed by atoms with Gasteiger partial charge in [-0.25, -0.2) is 0 Å². The molecule has 2 aromatic heterocycles. The van der Waals surface area contributed by atoms with Crippen molar-refractivity contribution < 1.29 is 0 Å². The SMILES string of the molecule is CC(Cc1ccncc1)(Cc1cccnc1)c1ccccc1. The zero-order chi connectivity index (χ0) is 15.3. The van der Waals surface area contributed by atoms with Gasteiger partial charge in [-0.1, -0.05) is 43.3 Å². The number of rotatable bonds is 5. The second-order valence-corrected chi connectivity index (χ2v) is 6.00. The first-order chi connectivity index (χ1) is 10.8. The van der Waals surface area contributed by atoms with Crippen LogP contribution in [0.2, 0.25) is 0 Å². The molecule has 110 valence electrons. The third-order valence-electron chi connectivity index (χ3n) is 4.13. The Kier molecular flexibility index (Phi) is 4.29. The van der Waals surface area contributed by atoms with Crippen LogP contribution in [0.3, 0.4) is 0 Å². The van der Waals surface area contributed by atoms with E-state index in [-0.39, 0.29) is 5.41 Å². The molecule has 2 heterocycles. The maximum Gasteiger partial charge on any atom is 0.0300 e. The Balaban J connectivity index is 1.95. The molecule has 3 aromatic rings. The molecule has 0 aliphatic carbocycles. The van der Waals surface area contributed by atoms with Crippen molar-refractivity contribution in [2.75, 3.05) is 0 Å². The molecule has 0 bridgehead atoms. The lowest BCUT2D eigenvalue weighted by atomic mass is 9.73. The second-order valence-electron chi connectivity index (χ2n) is 6.00. The van der Waals surface area contributed by atoms with Gasteiger partial charge in [0.1, 0.15) is 0 Å². The molecular weight excluding hydrogens is 268 g/mol. The number of hydrogen-bond donors (Lipinski definition) is 0. The van der Waals surface area contributed by atoms with Crippen molar-refractivity contribution in [2.45, 2.75) is 25.2 Å². The molecule has 0 N–H and O–H groups in total. The lowest BCUT2D eigenvalue weighted by molar-refractivity contribution is 0.464. The standard InChI is InChI=1S/C20H20N2/c1-20(19-7-3-2-4-8-19,14-17-9-12-21-13-10-17)15-18-6-5-11-22-16-18/h2-13,16H,14-15H2,1H3. The van der Waals surface area contributed by atoms with Gasteiger partial charge in [-0.2, -0.15) is 0 Å². The molecule has 0 aliphatic rings. The average Bonchev–Trinajstić information content (AvgIpc) is 2.57. The van der Waals surface area contributed by atoms with Crippen LogP contribution in [0.25, 0.3) is 0 Å². The first kappa shape index (κ1) is 14.5. The van der Waals surface area contributed by atoms with E-state index in [1.54, 1.807) is 0 Å². The quantitative estimate of drug-likeness (QED) is 0.702. The average molecular weight is 288 g/mol. The molecule has 1 unspecified atom stereocenters. The first-order valence-corrected chi connectivity index (χ1v) is 7.60. The normalized spacial score (nSPS) is 13.5. The van der Waals surface area contributed by atoms with E-state index in [0.717, 1.165) is 12.8 Å². The third-order valence-corrected chi connectivity index (χ3v) is 4.13. The summed E-state index contributed by atoms with van der Waals surface area (Å²) in [5.41, 5.74) is 3.97. The third kappa shape index (κ3) is 3.40. The van der Waals surface area contributed by atoms with Crippen molar-refractivity contribution in [3.63, 3.8) is 0 Å². The van der Waals surface area contributed by atoms with Gasteiger partial charge in [-0.05, 0) is 47.7 Å². The summed E-state index contributed by atoms with van der Waals surface area (Å²) in [6.45, 7) is 2.33. The van der Waals surface area contributed by atoms with E-state index in [4.69, 9.17) is 0 Å². The number of nitrogens with zero attached hydrogens (tertiary/aromatic N) is 2. The fourth-order valence-electron chi connectivity index (χ4n) is 3.01. The van der Waals surface area contributed by atoms with Gasteiger partial charge in [0.05, 0.1) is 0 Å². The van der Waals surface area contributed by atoms with E-state index >= 15 is 0 Å². The van der Waals surface area contributed by atoms with Crippen LogP contribution in [0.15, 0.2) is 79.4 Å². The topological polar surface area (TPSA) is 25.8 Å². The molecule has 0 aliphatic heterocycles. The minimum absolute atomic E-state index is 0.0334. The van der Waals surface area contributed by atoms with Crippen LogP contribution in [0, 0.1) is 0 Å². The molecular formula is C20H20N2. The minimum Gasteiger partial charge on any atom is -0.265 e. The van der Waals surface area contributed by atoms with Crippen LogP contribution in [0.1, 0.15) is 23.6 Å². The van der Waals surface area contributed by atoms with Crippen molar-refractivity contribution in [2.24, 2.45) is 0 Å². The van der Waals surface area contributed by atoms with Gasteiger partial charge in [0, 0.05) is 30.2 Å². The number of pyridine rings is 2. The van der Waals surface area contributed by atoms with Gasteiger partial charge in [0.25, 0.3) is 0 Å². The molecule has 22 heavy (non-hydrogen) atoms. The van der Waals surface area contributed by atoms with Crippen molar-refractivity contribution in [1.29, 1.82) is 0 Å². The summed E-state index contributed by atoms with van der Waals surface area (Å²) >= 11 is 0. The highest BCUT2D eigenvalue weighted by atomic mass is 14.6. The van der Waals surface area contributed by atoms with Crippen LogP contribution in [-0.4, -0.2) is 9.97 Å². The van der Waals surface area contributed by atoms with E-state index in [1.165, 1.54) is 16.7 Å². The van der Waals surface area contributed by atoms with Crippen LogP contribution in [0.5, 0.6) is 0 Å². The lowest BCUT2D eigenvalue weighted by Crippen LogP contribution is -2.28. The van der Waals surface area contributed by atoms with Gasteiger partial charge in [-0.3, -0.25) is 9.97 Å². The predicted octanol–water partition coefficient (Wildman–Crippen LogP) is 4.22. The maximum atomic E-state index is 4.26. The predicted molar refractivity (Wildman–Crippen MR) is 89.7 cm³/mol. The molecule has 0 saturated heterocycles. The van der Waals surface area contributed by atoms with Gasteiger partial charge in [0.15, 0.2) is 0 Å². The smallest absolute Gasteiger partial charge is 0.0300 e. The van der Waals surface area contributed by atoms with Gasteiger partial charge in [-0.15, -0.1) is 0 Å². The molecule has 0 fully saturated rings. The first-order valence-electron chi connectivity index (χ1n) is 7.60. The summed E-state index contributed by atoms with van der Waals surface area (Å²) in [6, 6.07) is 19.1. The van der Waals surface area contributed by atoms with Crippen molar-refractivity contribution in [1.82, 2.24) is 9.97 Å².